The van der Waals surface area contributed by atoms with Gasteiger partial charge in [-0.25, -0.2) is 4.79 Å². The normalized spacial score (nSPS) is 43.9. The highest BCUT2D eigenvalue weighted by molar-refractivity contribution is 8.14. The van der Waals surface area contributed by atoms with Crippen molar-refractivity contribution < 1.29 is 33.6 Å². The molecule has 4 aliphatic rings. The van der Waals surface area contributed by atoms with Crippen LogP contribution in [0.5, 0.6) is 0 Å². The molecule has 0 aromatic carbocycles. The predicted molar refractivity (Wildman–Crippen MR) is 128 cm³/mol. The molecule has 7 atom stereocenters. The third-order valence-corrected chi connectivity index (χ3v) is 7.78. The number of fused-ring (bicyclic) bond motifs is 3. The lowest BCUT2D eigenvalue weighted by atomic mass is 9.90. The number of carbonyl (C=O) groups is 2. The van der Waals surface area contributed by atoms with E-state index in [1.807, 2.05) is 20.8 Å². The van der Waals surface area contributed by atoms with Gasteiger partial charge in [-0.2, -0.15) is 0 Å². The van der Waals surface area contributed by atoms with Crippen LogP contribution >= 0.6 is 11.8 Å². The maximum absolute atomic E-state index is 12.7. The highest BCUT2D eigenvalue weighted by Crippen LogP contribution is 2.37. The first-order chi connectivity index (χ1) is 16.0. The molecule has 2 N–H and O–H groups in total. The van der Waals surface area contributed by atoms with E-state index in [1.165, 1.54) is 6.08 Å². The fraction of sp³-hybridized carbons (Fsp3) is 0.760. The van der Waals surface area contributed by atoms with Gasteiger partial charge in [-0.05, 0) is 52.4 Å². The van der Waals surface area contributed by atoms with Crippen molar-refractivity contribution in [2.45, 2.75) is 108 Å². The topological polar surface area (TPSA) is 103 Å². The highest BCUT2D eigenvalue weighted by atomic mass is 32.2. The number of thioether (sulfide) groups is 1. The van der Waals surface area contributed by atoms with Crippen molar-refractivity contribution in [3.63, 3.8) is 0 Å². The molecule has 34 heavy (non-hydrogen) atoms. The molecular weight excluding hydrogens is 458 g/mol. The SMILES string of the molecule is C/C1=C/C(=O)O[C@@H]2C[C@@H](CC[C@H](C)/C=C/[C@H]3OC(C)(C)O[C@H]3CC1)O[C@@](O)([C@@H]1CSC(=O)N1)C2. The lowest BCUT2D eigenvalue weighted by Crippen LogP contribution is -2.58. The molecule has 190 valence electrons. The molecule has 4 aliphatic heterocycles. The molecule has 1 amide bonds. The Labute approximate surface area is 205 Å². The van der Waals surface area contributed by atoms with Crippen LogP contribution in [0.4, 0.5) is 4.79 Å². The van der Waals surface area contributed by atoms with Gasteiger partial charge < -0.3 is 29.4 Å². The summed E-state index contributed by atoms with van der Waals surface area (Å²) in [4.78, 5) is 24.4. The minimum atomic E-state index is -1.57. The number of amides is 1. The molecule has 0 aromatic heterocycles. The van der Waals surface area contributed by atoms with Crippen LogP contribution in [-0.2, 0) is 23.7 Å². The summed E-state index contributed by atoms with van der Waals surface area (Å²) in [7, 11) is 0. The number of allylic oxidation sites excluding steroid dienone is 2. The van der Waals surface area contributed by atoms with Gasteiger partial charge >= 0.3 is 5.97 Å². The monoisotopic (exact) mass is 495 g/mol. The zero-order valence-electron chi connectivity index (χ0n) is 20.5. The van der Waals surface area contributed by atoms with Gasteiger partial charge in [0.15, 0.2) is 11.6 Å². The van der Waals surface area contributed by atoms with Crippen molar-refractivity contribution in [3.8, 4) is 0 Å². The molecule has 0 unspecified atom stereocenters. The molecule has 0 saturated carbocycles. The van der Waals surface area contributed by atoms with Crippen LogP contribution < -0.4 is 5.32 Å². The van der Waals surface area contributed by atoms with E-state index in [2.05, 4.69) is 24.4 Å². The number of ether oxygens (including phenoxy) is 4. The Bertz CT molecular complexity index is 843. The summed E-state index contributed by atoms with van der Waals surface area (Å²) >= 11 is 1.13. The molecule has 4 heterocycles. The summed E-state index contributed by atoms with van der Waals surface area (Å²) in [6, 6.07) is -0.533. The number of carbonyl (C=O) groups excluding carboxylic acids is 2. The average molecular weight is 496 g/mol. The first kappa shape index (κ1) is 25.7. The largest absolute Gasteiger partial charge is 0.459 e. The van der Waals surface area contributed by atoms with Gasteiger partial charge in [-0.3, -0.25) is 4.79 Å². The van der Waals surface area contributed by atoms with E-state index in [9.17, 15) is 14.7 Å². The molecule has 2 bridgehead atoms. The van der Waals surface area contributed by atoms with E-state index in [1.54, 1.807) is 0 Å². The molecule has 4 rings (SSSR count). The fourth-order valence-corrected chi connectivity index (χ4v) is 6.03. The Morgan fingerprint density at radius 2 is 1.88 bits per heavy atom. The van der Waals surface area contributed by atoms with E-state index in [0.29, 0.717) is 25.0 Å². The lowest BCUT2D eigenvalue weighted by Gasteiger charge is -2.43. The van der Waals surface area contributed by atoms with E-state index < -0.39 is 29.7 Å². The summed E-state index contributed by atoms with van der Waals surface area (Å²) in [6.45, 7) is 7.89. The van der Waals surface area contributed by atoms with Crippen molar-refractivity contribution >= 4 is 23.0 Å². The van der Waals surface area contributed by atoms with Gasteiger partial charge in [0.1, 0.15) is 12.2 Å². The van der Waals surface area contributed by atoms with Crippen molar-refractivity contribution in [1.82, 2.24) is 5.32 Å². The molecule has 0 aliphatic carbocycles. The Morgan fingerprint density at radius 1 is 1.09 bits per heavy atom. The number of hydrogen-bond acceptors (Lipinski definition) is 8. The Balaban J connectivity index is 1.53. The average Bonchev–Trinajstić information content (AvgIpc) is 3.30. The zero-order chi connectivity index (χ0) is 24.5. The van der Waals surface area contributed by atoms with E-state index in [-0.39, 0.29) is 35.9 Å². The van der Waals surface area contributed by atoms with Crippen molar-refractivity contribution in [2.75, 3.05) is 5.75 Å². The van der Waals surface area contributed by atoms with Crippen LogP contribution in [0.1, 0.15) is 66.2 Å². The fourth-order valence-electron chi connectivity index (χ4n) is 5.14. The van der Waals surface area contributed by atoms with Crippen molar-refractivity contribution in [3.05, 3.63) is 23.8 Å². The molecule has 0 aromatic rings. The minimum Gasteiger partial charge on any atom is -0.459 e. The van der Waals surface area contributed by atoms with E-state index in [4.69, 9.17) is 18.9 Å². The number of esters is 1. The van der Waals surface area contributed by atoms with Crippen LogP contribution in [0.25, 0.3) is 0 Å². The Kier molecular flexibility index (Phi) is 7.79. The van der Waals surface area contributed by atoms with Gasteiger partial charge in [0.25, 0.3) is 5.24 Å². The third-order valence-electron chi connectivity index (χ3n) is 6.90. The summed E-state index contributed by atoms with van der Waals surface area (Å²) in [5.74, 6) is -1.95. The van der Waals surface area contributed by atoms with Crippen molar-refractivity contribution in [1.29, 1.82) is 0 Å². The molecule has 3 saturated heterocycles. The molecule has 8 nitrogen and oxygen atoms in total. The highest BCUT2D eigenvalue weighted by Gasteiger charge is 2.49. The van der Waals surface area contributed by atoms with Crippen molar-refractivity contribution in [2.24, 2.45) is 5.92 Å². The number of hydrogen-bond donors (Lipinski definition) is 2. The lowest BCUT2D eigenvalue weighted by molar-refractivity contribution is -0.283. The second-order valence-corrected chi connectivity index (χ2v) is 11.5. The predicted octanol–water partition coefficient (Wildman–Crippen LogP) is 3.82. The maximum atomic E-state index is 12.7. The number of aliphatic hydroxyl groups is 1. The standard InChI is InChI=1S/C25H37NO7S/c1-15-5-8-17-12-18(13-25(29,31-17)21-14-34-23(28)26-21)30-22(27)11-16(2)7-10-20-19(9-6-15)32-24(3,4)33-20/h6,9,11,15,17-21,29H,5,7-8,10,12-14H2,1-4H3,(H,26,28)/b9-6+,16-11-/t15-,17+,18+,19+,20-,21-,25+/m0/s1. The molecule has 0 spiro atoms. The maximum Gasteiger partial charge on any atom is 0.330 e. The minimum absolute atomic E-state index is 0.0806. The second-order valence-electron chi connectivity index (χ2n) is 10.5. The number of rotatable bonds is 1. The zero-order valence-corrected chi connectivity index (χ0v) is 21.3. The molecule has 0 radical (unpaired) electrons. The summed E-state index contributed by atoms with van der Waals surface area (Å²) in [5, 5.41) is 13.9. The van der Waals surface area contributed by atoms with Crippen LogP contribution in [0.2, 0.25) is 0 Å². The van der Waals surface area contributed by atoms with Crippen LogP contribution in [-0.4, -0.2) is 64.1 Å². The van der Waals surface area contributed by atoms with Gasteiger partial charge in [-0.15, -0.1) is 0 Å². The summed E-state index contributed by atoms with van der Waals surface area (Å²) in [6.07, 6.45) is 8.38. The van der Waals surface area contributed by atoms with Gasteiger partial charge in [0, 0.05) is 24.7 Å². The second kappa shape index (κ2) is 10.3. The third kappa shape index (κ3) is 6.43. The van der Waals surface area contributed by atoms with E-state index >= 15 is 0 Å². The number of nitrogens with one attached hydrogen (secondary N) is 1. The quantitative estimate of drug-likeness (QED) is 0.418. The molecule has 9 heteroatoms. The molecular formula is C25H37NO7S. The van der Waals surface area contributed by atoms with Gasteiger partial charge in [0.05, 0.1) is 18.2 Å². The van der Waals surface area contributed by atoms with Crippen LogP contribution in [0, 0.1) is 5.92 Å². The first-order valence-corrected chi connectivity index (χ1v) is 13.2. The van der Waals surface area contributed by atoms with Crippen LogP contribution in [0.3, 0.4) is 0 Å². The Morgan fingerprint density at radius 3 is 2.62 bits per heavy atom. The summed E-state index contributed by atoms with van der Waals surface area (Å²) in [5.41, 5.74) is 0.903. The van der Waals surface area contributed by atoms with E-state index in [0.717, 1.165) is 30.2 Å². The molecule has 3 fully saturated rings. The smallest absolute Gasteiger partial charge is 0.330 e. The van der Waals surface area contributed by atoms with Gasteiger partial charge in [0.2, 0.25) is 0 Å². The van der Waals surface area contributed by atoms with Gasteiger partial charge in [-0.1, -0.05) is 36.4 Å². The Hall–Kier alpha value is -1.39. The van der Waals surface area contributed by atoms with Crippen LogP contribution in [0.15, 0.2) is 23.8 Å². The first-order valence-electron chi connectivity index (χ1n) is 12.3. The summed E-state index contributed by atoms with van der Waals surface area (Å²) < 4.78 is 24.1.